The first-order valence-corrected chi connectivity index (χ1v) is 10.1. The Morgan fingerprint density at radius 3 is 2.45 bits per heavy atom. The van der Waals surface area contributed by atoms with Crippen LogP contribution in [0.5, 0.6) is 0 Å². The molecular formula is C23H26FN3O2. The SMILES string of the molecule is CC(=O)N1CCN(Cc2ccccc2NC(=O)[C@H]2C[C@@H]2c2ccccc2F)CC1. The summed E-state index contributed by atoms with van der Waals surface area (Å²) in [6, 6.07) is 14.5. The van der Waals surface area contributed by atoms with Crippen molar-refractivity contribution in [3.63, 3.8) is 0 Å². The van der Waals surface area contributed by atoms with Gasteiger partial charge in [-0.1, -0.05) is 36.4 Å². The third-order valence-electron chi connectivity index (χ3n) is 5.92. The van der Waals surface area contributed by atoms with Crippen molar-refractivity contribution in [2.24, 2.45) is 5.92 Å². The third-order valence-corrected chi connectivity index (χ3v) is 5.92. The van der Waals surface area contributed by atoms with Gasteiger partial charge in [0.15, 0.2) is 0 Å². The van der Waals surface area contributed by atoms with Gasteiger partial charge in [-0.2, -0.15) is 0 Å². The Morgan fingerprint density at radius 1 is 1.03 bits per heavy atom. The monoisotopic (exact) mass is 395 g/mol. The van der Waals surface area contributed by atoms with Gasteiger partial charge in [0.25, 0.3) is 0 Å². The molecule has 0 bridgehead atoms. The summed E-state index contributed by atoms with van der Waals surface area (Å²) in [5.74, 6) is -0.391. The largest absolute Gasteiger partial charge is 0.340 e. The maximum atomic E-state index is 14.0. The van der Waals surface area contributed by atoms with Gasteiger partial charge in [-0.25, -0.2) is 4.39 Å². The van der Waals surface area contributed by atoms with Crippen molar-refractivity contribution in [3.05, 3.63) is 65.5 Å². The number of amides is 2. The van der Waals surface area contributed by atoms with Crippen LogP contribution in [-0.2, 0) is 16.1 Å². The van der Waals surface area contributed by atoms with Gasteiger partial charge in [-0.3, -0.25) is 14.5 Å². The van der Waals surface area contributed by atoms with E-state index >= 15 is 0 Å². The Kier molecular flexibility index (Phi) is 5.62. The molecule has 2 atom stereocenters. The molecule has 29 heavy (non-hydrogen) atoms. The lowest BCUT2D eigenvalue weighted by atomic mass is 10.1. The first-order chi connectivity index (χ1) is 14.0. The van der Waals surface area contributed by atoms with E-state index in [1.807, 2.05) is 35.2 Å². The third kappa shape index (κ3) is 4.48. The molecule has 0 radical (unpaired) electrons. The second-order valence-electron chi connectivity index (χ2n) is 7.90. The Balaban J connectivity index is 1.37. The number of carbonyl (C=O) groups excluding carboxylic acids is 2. The standard InChI is InChI=1S/C23H26FN3O2/c1-16(28)27-12-10-26(11-13-27)15-17-6-2-5-9-22(17)25-23(29)20-14-19(20)18-7-3-4-8-21(18)24/h2-9,19-20H,10-15H2,1H3,(H,25,29)/t19-,20+/m1/s1. The van der Waals surface area contributed by atoms with E-state index in [2.05, 4.69) is 10.2 Å². The number of para-hydroxylation sites is 1. The van der Waals surface area contributed by atoms with Gasteiger partial charge in [0.2, 0.25) is 11.8 Å². The molecule has 5 nitrogen and oxygen atoms in total. The molecule has 2 amide bonds. The summed E-state index contributed by atoms with van der Waals surface area (Å²) < 4.78 is 14.0. The van der Waals surface area contributed by atoms with Crippen molar-refractivity contribution in [1.29, 1.82) is 0 Å². The fourth-order valence-corrected chi connectivity index (χ4v) is 4.07. The fraction of sp³-hybridized carbons (Fsp3) is 0.391. The van der Waals surface area contributed by atoms with Gasteiger partial charge in [0.05, 0.1) is 0 Å². The zero-order valence-corrected chi connectivity index (χ0v) is 16.6. The zero-order valence-electron chi connectivity index (χ0n) is 16.6. The highest BCUT2D eigenvalue weighted by Gasteiger charge is 2.45. The van der Waals surface area contributed by atoms with E-state index in [0.29, 0.717) is 12.0 Å². The second-order valence-corrected chi connectivity index (χ2v) is 7.90. The number of halogens is 1. The van der Waals surface area contributed by atoms with Gasteiger partial charge < -0.3 is 10.2 Å². The number of piperazine rings is 1. The first-order valence-electron chi connectivity index (χ1n) is 10.1. The van der Waals surface area contributed by atoms with Gasteiger partial charge in [0, 0.05) is 51.3 Å². The fourth-order valence-electron chi connectivity index (χ4n) is 4.07. The number of hydrogen-bond donors (Lipinski definition) is 1. The second kappa shape index (κ2) is 8.33. The molecule has 1 saturated carbocycles. The van der Waals surface area contributed by atoms with Crippen molar-refractivity contribution in [2.45, 2.75) is 25.8 Å². The number of nitrogens with one attached hydrogen (secondary N) is 1. The van der Waals surface area contributed by atoms with Crippen LogP contribution in [0.4, 0.5) is 10.1 Å². The number of anilines is 1. The highest BCUT2D eigenvalue weighted by molar-refractivity contribution is 5.95. The van der Waals surface area contributed by atoms with E-state index in [1.54, 1.807) is 19.1 Å². The van der Waals surface area contributed by atoms with E-state index in [9.17, 15) is 14.0 Å². The normalized spacial score (nSPS) is 21.7. The molecule has 1 aliphatic heterocycles. The van der Waals surface area contributed by atoms with Crippen LogP contribution in [0.15, 0.2) is 48.5 Å². The number of benzene rings is 2. The van der Waals surface area contributed by atoms with Crippen molar-refractivity contribution in [1.82, 2.24) is 9.80 Å². The van der Waals surface area contributed by atoms with Gasteiger partial charge >= 0.3 is 0 Å². The van der Waals surface area contributed by atoms with Crippen LogP contribution in [0.25, 0.3) is 0 Å². The molecule has 2 aromatic rings. The van der Waals surface area contributed by atoms with Crippen LogP contribution in [0.1, 0.15) is 30.4 Å². The average Bonchev–Trinajstić information content (AvgIpc) is 3.51. The predicted octanol–water partition coefficient (Wildman–Crippen LogP) is 3.23. The van der Waals surface area contributed by atoms with Gasteiger partial charge in [0.1, 0.15) is 5.82 Å². The van der Waals surface area contributed by atoms with Crippen LogP contribution >= 0.6 is 0 Å². The number of nitrogens with zero attached hydrogens (tertiary/aromatic N) is 2. The summed E-state index contributed by atoms with van der Waals surface area (Å²) in [7, 11) is 0. The minimum Gasteiger partial charge on any atom is -0.340 e. The smallest absolute Gasteiger partial charge is 0.228 e. The molecule has 6 heteroatoms. The van der Waals surface area contributed by atoms with Crippen LogP contribution < -0.4 is 5.32 Å². The van der Waals surface area contributed by atoms with Crippen molar-refractivity contribution >= 4 is 17.5 Å². The zero-order chi connectivity index (χ0) is 20.4. The number of hydrogen-bond acceptors (Lipinski definition) is 3. The lowest BCUT2D eigenvalue weighted by Gasteiger charge is -2.34. The molecule has 152 valence electrons. The van der Waals surface area contributed by atoms with Crippen molar-refractivity contribution in [3.8, 4) is 0 Å². The van der Waals surface area contributed by atoms with Gasteiger partial charge in [-0.15, -0.1) is 0 Å². The lowest BCUT2D eigenvalue weighted by molar-refractivity contribution is -0.130. The van der Waals surface area contributed by atoms with E-state index in [4.69, 9.17) is 0 Å². The van der Waals surface area contributed by atoms with Crippen molar-refractivity contribution < 1.29 is 14.0 Å². The quantitative estimate of drug-likeness (QED) is 0.846. The molecule has 1 aliphatic carbocycles. The summed E-state index contributed by atoms with van der Waals surface area (Å²) in [4.78, 5) is 28.4. The van der Waals surface area contributed by atoms with E-state index in [-0.39, 0.29) is 29.5 Å². The summed E-state index contributed by atoms with van der Waals surface area (Å²) in [5, 5.41) is 3.06. The minimum atomic E-state index is -0.238. The maximum Gasteiger partial charge on any atom is 0.228 e. The Labute approximate surface area is 170 Å². The Bertz CT molecular complexity index is 909. The summed E-state index contributed by atoms with van der Waals surface area (Å²) in [6.07, 6.45) is 0.682. The summed E-state index contributed by atoms with van der Waals surface area (Å²) in [6.45, 7) is 5.43. The molecule has 2 fully saturated rings. The van der Waals surface area contributed by atoms with Crippen LogP contribution in [0.2, 0.25) is 0 Å². The first kappa shape index (κ1) is 19.6. The van der Waals surface area contributed by atoms with Crippen molar-refractivity contribution in [2.75, 3.05) is 31.5 Å². The summed E-state index contributed by atoms with van der Waals surface area (Å²) in [5.41, 5.74) is 2.50. The Morgan fingerprint density at radius 2 is 1.72 bits per heavy atom. The predicted molar refractivity (Wildman–Crippen MR) is 110 cm³/mol. The van der Waals surface area contributed by atoms with Crippen LogP contribution in [-0.4, -0.2) is 47.8 Å². The average molecular weight is 395 g/mol. The molecule has 2 aromatic carbocycles. The van der Waals surface area contributed by atoms with Crippen LogP contribution in [0, 0.1) is 11.7 Å². The minimum absolute atomic E-state index is 0.0389. The molecule has 0 spiro atoms. The topological polar surface area (TPSA) is 52.7 Å². The summed E-state index contributed by atoms with van der Waals surface area (Å²) >= 11 is 0. The molecule has 1 N–H and O–H groups in total. The molecule has 4 rings (SSSR count). The molecule has 0 aromatic heterocycles. The van der Waals surface area contributed by atoms with E-state index < -0.39 is 0 Å². The lowest BCUT2D eigenvalue weighted by Crippen LogP contribution is -2.47. The van der Waals surface area contributed by atoms with Gasteiger partial charge in [-0.05, 0) is 35.6 Å². The molecule has 2 aliphatic rings. The van der Waals surface area contributed by atoms with E-state index in [1.165, 1.54) is 6.07 Å². The van der Waals surface area contributed by atoms with Crippen LogP contribution in [0.3, 0.4) is 0 Å². The highest BCUT2D eigenvalue weighted by atomic mass is 19.1. The highest BCUT2D eigenvalue weighted by Crippen LogP contribution is 2.48. The molecule has 0 unspecified atom stereocenters. The number of rotatable bonds is 5. The van der Waals surface area contributed by atoms with E-state index in [0.717, 1.165) is 44.0 Å². The molecule has 1 heterocycles. The Hall–Kier alpha value is -2.73. The number of carbonyl (C=O) groups is 2. The molecular weight excluding hydrogens is 369 g/mol. The molecule has 1 saturated heterocycles. The maximum absolute atomic E-state index is 14.0.